The van der Waals surface area contributed by atoms with Crippen molar-refractivity contribution in [2.24, 2.45) is 5.73 Å². The quantitative estimate of drug-likeness (QED) is 0.772. The van der Waals surface area contributed by atoms with Gasteiger partial charge in [0, 0.05) is 10.6 Å². The van der Waals surface area contributed by atoms with Crippen molar-refractivity contribution in [1.29, 1.82) is 0 Å². The van der Waals surface area contributed by atoms with Crippen LogP contribution >= 0.6 is 11.6 Å². The summed E-state index contributed by atoms with van der Waals surface area (Å²) < 4.78 is 27.7. The first-order chi connectivity index (χ1) is 11.2. The summed E-state index contributed by atoms with van der Waals surface area (Å²) in [6, 6.07) is 11.9. The molecule has 1 atom stereocenters. The van der Waals surface area contributed by atoms with Crippen molar-refractivity contribution in [2.45, 2.75) is 17.9 Å². The van der Waals surface area contributed by atoms with Gasteiger partial charge in [0.05, 0.1) is 10.9 Å². The summed E-state index contributed by atoms with van der Waals surface area (Å²) in [5.74, 6) is -0.813. The van der Waals surface area contributed by atoms with Gasteiger partial charge in [0.1, 0.15) is 0 Å². The summed E-state index contributed by atoms with van der Waals surface area (Å²) in [7, 11) is -3.90. The molecule has 0 saturated heterocycles. The van der Waals surface area contributed by atoms with Crippen LogP contribution in [0.2, 0.25) is 5.02 Å². The van der Waals surface area contributed by atoms with Gasteiger partial charge in [-0.25, -0.2) is 8.42 Å². The number of hydrogen-bond donors (Lipinski definition) is 2. The van der Waals surface area contributed by atoms with Gasteiger partial charge in [-0.3, -0.25) is 4.79 Å². The van der Waals surface area contributed by atoms with Crippen LogP contribution in [0.15, 0.2) is 65.6 Å². The number of sulfonamides is 1. The van der Waals surface area contributed by atoms with Crippen molar-refractivity contribution in [2.75, 3.05) is 0 Å². The number of carbonyl (C=O) groups excluding carboxylic acids is 1. The lowest BCUT2D eigenvalue weighted by Gasteiger charge is -2.21. The maximum absolute atomic E-state index is 12.6. The molecule has 0 aromatic heterocycles. The Morgan fingerprint density at radius 2 is 1.75 bits per heavy atom. The zero-order valence-electron chi connectivity index (χ0n) is 13.0. The smallest absolute Gasteiger partial charge is 0.246 e. The van der Waals surface area contributed by atoms with Gasteiger partial charge in [-0.2, -0.15) is 4.72 Å². The minimum Gasteiger partial charge on any atom is -0.366 e. The Morgan fingerprint density at radius 1 is 1.17 bits per heavy atom. The summed E-state index contributed by atoms with van der Waals surface area (Å²) in [6.07, 6.45) is 0. The third kappa shape index (κ3) is 4.03. The molecule has 2 rings (SSSR count). The van der Waals surface area contributed by atoms with Crippen molar-refractivity contribution >= 4 is 27.5 Å². The number of nitrogens with one attached hydrogen (secondary N) is 1. The van der Waals surface area contributed by atoms with Gasteiger partial charge in [-0.15, -0.1) is 0 Å². The van der Waals surface area contributed by atoms with E-state index in [1.807, 2.05) is 6.92 Å². The third-order valence-electron chi connectivity index (χ3n) is 3.49. The number of halogens is 1. The van der Waals surface area contributed by atoms with Gasteiger partial charge in [0.15, 0.2) is 0 Å². The van der Waals surface area contributed by atoms with Crippen molar-refractivity contribution in [1.82, 2.24) is 4.72 Å². The Morgan fingerprint density at radius 3 is 2.29 bits per heavy atom. The van der Waals surface area contributed by atoms with Crippen LogP contribution in [0.25, 0.3) is 0 Å². The van der Waals surface area contributed by atoms with E-state index in [1.165, 1.54) is 12.1 Å². The number of aryl methyl sites for hydroxylation is 1. The average Bonchev–Trinajstić information content (AvgIpc) is 2.53. The van der Waals surface area contributed by atoms with Crippen LogP contribution in [0, 0.1) is 6.92 Å². The second-order valence-corrected chi connectivity index (χ2v) is 7.40. The molecule has 0 saturated carbocycles. The molecule has 0 aliphatic carbocycles. The lowest BCUT2D eigenvalue weighted by molar-refractivity contribution is -0.114. The number of benzene rings is 2. The van der Waals surface area contributed by atoms with Gasteiger partial charge in [0.2, 0.25) is 15.9 Å². The van der Waals surface area contributed by atoms with Crippen molar-refractivity contribution < 1.29 is 13.2 Å². The zero-order chi connectivity index (χ0) is 17.9. The summed E-state index contributed by atoms with van der Waals surface area (Å²) >= 11 is 6.14. The number of hydrogen-bond acceptors (Lipinski definition) is 3. The van der Waals surface area contributed by atoms with Crippen LogP contribution in [0.5, 0.6) is 0 Å². The molecular weight excluding hydrogens is 348 g/mol. The maximum Gasteiger partial charge on any atom is 0.246 e. The van der Waals surface area contributed by atoms with E-state index in [2.05, 4.69) is 11.3 Å². The molecule has 0 radical (unpaired) electrons. The number of primary amides is 1. The van der Waals surface area contributed by atoms with Gasteiger partial charge in [-0.05, 0) is 30.7 Å². The Bertz CT molecular complexity index is 877. The normalized spacial score (nSPS) is 12.6. The molecule has 3 N–H and O–H groups in total. The summed E-state index contributed by atoms with van der Waals surface area (Å²) in [4.78, 5) is 11.6. The van der Waals surface area contributed by atoms with Crippen LogP contribution in [0.4, 0.5) is 0 Å². The Balaban J connectivity index is 2.45. The Kier molecular flexibility index (Phi) is 5.43. The predicted octanol–water partition coefficient (Wildman–Crippen LogP) is 2.71. The highest BCUT2D eigenvalue weighted by atomic mass is 35.5. The van der Waals surface area contributed by atoms with Crippen molar-refractivity contribution in [3.8, 4) is 0 Å². The van der Waals surface area contributed by atoms with Crippen molar-refractivity contribution in [3.05, 3.63) is 76.8 Å². The molecule has 24 heavy (non-hydrogen) atoms. The summed E-state index contributed by atoms with van der Waals surface area (Å²) in [5.41, 5.74) is 6.52. The first-order valence-electron chi connectivity index (χ1n) is 7.04. The topological polar surface area (TPSA) is 89.3 Å². The largest absolute Gasteiger partial charge is 0.366 e. The van der Waals surface area contributed by atoms with Crippen LogP contribution < -0.4 is 10.5 Å². The summed E-state index contributed by atoms with van der Waals surface area (Å²) in [6.45, 7) is 5.46. The molecule has 0 aliphatic heterocycles. The summed E-state index contributed by atoms with van der Waals surface area (Å²) in [5, 5.41) is 0.302. The molecule has 0 fully saturated rings. The Hall–Kier alpha value is -2.15. The van der Waals surface area contributed by atoms with E-state index in [-0.39, 0.29) is 10.5 Å². The molecule has 2 aromatic rings. The zero-order valence-corrected chi connectivity index (χ0v) is 14.6. The van der Waals surface area contributed by atoms with E-state index in [0.717, 1.165) is 5.56 Å². The fourth-order valence-corrected chi connectivity index (χ4v) is 3.57. The molecule has 0 heterocycles. The molecule has 0 bridgehead atoms. The minimum absolute atomic E-state index is 0.0717. The van der Waals surface area contributed by atoms with Crippen LogP contribution in [0.1, 0.15) is 17.2 Å². The predicted molar refractivity (Wildman–Crippen MR) is 94.0 cm³/mol. The number of carbonyl (C=O) groups is 1. The standard InChI is InChI=1S/C17H17ClN2O3S/c1-11-7-9-13(10-8-11)24(22,23)20-16(12(2)17(19)21)14-5-3-4-6-15(14)18/h3-10,16,20H,2H2,1H3,(H2,19,21). The highest BCUT2D eigenvalue weighted by Crippen LogP contribution is 2.29. The van der Waals surface area contributed by atoms with E-state index in [0.29, 0.717) is 10.6 Å². The number of nitrogens with two attached hydrogens (primary N) is 1. The van der Waals surface area contributed by atoms with E-state index >= 15 is 0 Å². The maximum atomic E-state index is 12.6. The minimum atomic E-state index is -3.90. The second-order valence-electron chi connectivity index (χ2n) is 5.28. The molecule has 2 aromatic carbocycles. The third-order valence-corrected chi connectivity index (χ3v) is 5.27. The molecule has 5 nitrogen and oxygen atoms in total. The van der Waals surface area contributed by atoms with Gasteiger partial charge in [-0.1, -0.05) is 54.1 Å². The lowest BCUT2D eigenvalue weighted by Crippen LogP contribution is -2.33. The fourth-order valence-electron chi connectivity index (χ4n) is 2.11. The molecular formula is C17H17ClN2O3S. The number of rotatable bonds is 6. The highest BCUT2D eigenvalue weighted by molar-refractivity contribution is 7.89. The number of amides is 1. The van der Waals surface area contributed by atoms with E-state index in [1.54, 1.807) is 36.4 Å². The average molecular weight is 365 g/mol. The molecule has 0 spiro atoms. The monoisotopic (exact) mass is 364 g/mol. The molecule has 0 aliphatic rings. The SMILES string of the molecule is C=C(C(N)=O)C(NS(=O)(=O)c1ccc(C)cc1)c1ccccc1Cl. The van der Waals surface area contributed by atoms with Crippen molar-refractivity contribution in [3.63, 3.8) is 0 Å². The van der Waals surface area contributed by atoms with Crippen LogP contribution in [0.3, 0.4) is 0 Å². The molecule has 126 valence electrons. The Labute approximate surface area is 146 Å². The van der Waals surface area contributed by atoms with E-state index in [4.69, 9.17) is 17.3 Å². The molecule has 1 unspecified atom stereocenters. The molecule has 7 heteroatoms. The lowest BCUT2D eigenvalue weighted by atomic mass is 10.0. The van der Waals surface area contributed by atoms with E-state index in [9.17, 15) is 13.2 Å². The van der Waals surface area contributed by atoms with Gasteiger partial charge >= 0.3 is 0 Å². The second kappa shape index (κ2) is 7.17. The van der Waals surface area contributed by atoms with E-state index < -0.39 is 22.0 Å². The van der Waals surface area contributed by atoms with Crippen LogP contribution in [-0.4, -0.2) is 14.3 Å². The molecule has 1 amide bonds. The van der Waals surface area contributed by atoms with Gasteiger partial charge < -0.3 is 5.73 Å². The van der Waals surface area contributed by atoms with Gasteiger partial charge in [0.25, 0.3) is 0 Å². The van der Waals surface area contributed by atoms with Crippen LogP contribution in [-0.2, 0) is 14.8 Å². The first kappa shape index (κ1) is 18.2. The first-order valence-corrected chi connectivity index (χ1v) is 8.90. The fraction of sp³-hybridized carbons (Fsp3) is 0.118. The highest BCUT2D eigenvalue weighted by Gasteiger charge is 2.27.